The van der Waals surface area contributed by atoms with Crippen LogP contribution >= 0.6 is 0 Å². The van der Waals surface area contributed by atoms with Gasteiger partial charge in [-0.3, -0.25) is 5.10 Å². The highest BCUT2D eigenvalue weighted by Crippen LogP contribution is 2.20. The first-order chi connectivity index (χ1) is 7.25. The molecule has 4 nitrogen and oxygen atoms in total. The molecule has 0 spiro atoms. The number of hydrogen-bond acceptors (Lipinski definition) is 3. The first-order valence-corrected chi connectivity index (χ1v) is 5.69. The average Bonchev–Trinajstić information content (AvgIpc) is 2.70. The lowest BCUT2D eigenvalue weighted by atomic mass is 9.92. The topological polar surface area (TPSA) is 44.0 Å². The summed E-state index contributed by atoms with van der Waals surface area (Å²) in [4.78, 5) is 2.42. The Bertz CT molecular complexity index is 283. The van der Waals surface area contributed by atoms with Crippen molar-refractivity contribution in [1.82, 2.24) is 15.1 Å². The van der Waals surface area contributed by atoms with Gasteiger partial charge in [0.1, 0.15) is 0 Å². The third kappa shape index (κ3) is 2.72. The van der Waals surface area contributed by atoms with Gasteiger partial charge in [-0.1, -0.05) is 0 Å². The van der Waals surface area contributed by atoms with E-state index in [1.165, 1.54) is 25.9 Å². The quantitative estimate of drug-likeness (QED) is 0.792. The number of likely N-dealkylation sites (tertiary alicyclic amines) is 1. The molecule has 84 valence electrons. The van der Waals surface area contributed by atoms with Crippen LogP contribution in [0, 0.1) is 5.92 Å². The molecule has 2 atom stereocenters. The van der Waals surface area contributed by atoms with Gasteiger partial charge < -0.3 is 10.2 Å². The summed E-state index contributed by atoms with van der Waals surface area (Å²) in [5.41, 5.74) is 1.09. The molecule has 2 N–H and O–H groups in total. The van der Waals surface area contributed by atoms with E-state index in [9.17, 15) is 0 Å². The van der Waals surface area contributed by atoms with Crippen LogP contribution in [0.25, 0.3) is 0 Å². The number of aromatic amines is 1. The van der Waals surface area contributed by atoms with Gasteiger partial charge in [0.05, 0.1) is 11.9 Å². The van der Waals surface area contributed by atoms with E-state index in [0.29, 0.717) is 6.04 Å². The highest BCUT2D eigenvalue weighted by molar-refractivity contribution is 5.38. The van der Waals surface area contributed by atoms with Crippen LogP contribution in [0.4, 0.5) is 5.69 Å². The molecule has 1 fully saturated rings. The standard InChI is InChI=1S/C11H20N4/c1-9(14-11-6-12-13-7-11)10-4-3-5-15(2)8-10/h6-7,9-10,14H,3-5,8H2,1-2H3,(H,12,13). The van der Waals surface area contributed by atoms with E-state index in [4.69, 9.17) is 0 Å². The van der Waals surface area contributed by atoms with Gasteiger partial charge in [0.25, 0.3) is 0 Å². The minimum atomic E-state index is 0.519. The molecule has 0 aliphatic carbocycles. The Balaban J connectivity index is 1.87. The molecule has 0 amide bonds. The first-order valence-electron chi connectivity index (χ1n) is 5.69. The third-order valence-electron chi connectivity index (χ3n) is 3.26. The van der Waals surface area contributed by atoms with Crippen molar-refractivity contribution in [1.29, 1.82) is 0 Å². The summed E-state index contributed by atoms with van der Waals surface area (Å²) in [5.74, 6) is 0.749. The highest BCUT2D eigenvalue weighted by atomic mass is 15.1. The highest BCUT2D eigenvalue weighted by Gasteiger charge is 2.22. The van der Waals surface area contributed by atoms with Crippen LogP contribution in [-0.2, 0) is 0 Å². The van der Waals surface area contributed by atoms with E-state index in [-0.39, 0.29) is 0 Å². The fourth-order valence-corrected chi connectivity index (χ4v) is 2.32. The molecule has 0 radical (unpaired) electrons. The maximum Gasteiger partial charge on any atom is 0.0725 e. The number of hydrogen-bond donors (Lipinski definition) is 2. The Kier molecular flexibility index (Phi) is 3.26. The Morgan fingerprint density at radius 3 is 3.20 bits per heavy atom. The zero-order chi connectivity index (χ0) is 10.7. The lowest BCUT2D eigenvalue weighted by Gasteiger charge is -2.34. The van der Waals surface area contributed by atoms with Gasteiger partial charge in [-0.05, 0) is 39.3 Å². The smallest absolute Gasteiger partial charge is 0.0725 e. The molecule has 4 heteroatoms. The minimum Gasteiger partial charge on any atom is -0.380 e. The summed E-state index contributed by atoms with van der Waals surface area (Å²) in [7, 11) is 2.21. The zero-order valence-corrected chi connectivity index (χ0v) is 9.53. The fourth-order valence-electron chi connectivity index (χ4n) is 2.32. The molecule has 1 aromatic rings. The second-order valence-electron chi connectivity index (χ2n) is 4.58. The molecule has 2 rings (SSSR count). The van der Waals surface area contributed by atoms with E-state index < -0.39 is 0 Å². The number of H-pyrrole nitrogens is 1. The van der Waals surface area contributed by atoms with Gasteiger partial charge in [-0.25, -0.2) is 0 Å². The van der Waals surface area contributed by atoms with Crippen molar-refractivity contribution in [2.75, 3.05) is 25.5 Å². The SMILES string of the molecule is CC(Nc1cn[nH]c1)C1CCCN(C)C1. The molecular weight excluding hydrogens is 188 g/mol. The molecule has 0 saturated carbocycles. The monoisotopic (exact) mass is 208 g/mol. The van der Waals surface area contributed by atoms with Gasteiger partial charge in [0.2, 0.25) is 0 Å². The van der Waals surface area contributed by atoms with Gasteiger partial charge in [-0.2, -0.15) is 5.10 Å². The number of rotatable bonds is 3. The predicted octanol–water partition coefficient (Wildman–Crippen LogP) is 1.55. The van der Waals surface area contributed by atoms with Crippen LogP contribution in [-0.4, -0.2) is 41.3 Å². The Morgan fingerprint density at radius 1 is 1.67 bits per heavy atom. The summed E-state index contributed by atoms with van der Waals surface area (Å²) in [6.07, 6.45) is 6.39. The maximum atomic E-state index is 3.94. The Hall–Kier alpha value is -1.03. The summed E-state index contributed by atoms with van der Waals surface area (Å²) in [5, 5.41) is 10.3. The van der Waals surface area contributed by atoms with E-state index in [0.717, 1.165) is 11.6 Å². The van der Waals surface area contributed by atoms with Crippen molar-refractivity contribution in [3.05, 3.63) is 12.4 Å². The second-order valence-corrected chi connectivity index (χ2v) is 4.58. The van der Waals surface area contributed by atoms with E-state index in [1.54, 1.807) is 0 Å². The molecule has 0 bridgehead atoms. The number of piperidine rings is 1. The molecule has 1 aromatic heterocycles. The van der Waals surface area contributed by atoms with Crippen molar-refractivity contribution < 1.29 is 0 Å². The maximum absolute atomic E-state index is 3.94. The van der Waals surface area contributed by atoms with Crippen molar-refractivity contribution >= 4 is 5.69 Å². The van der Waals surface area contributed by atoms with Crippen molar-refractivity contribution in [3.8, 4) is 0 Å². The number of nitrogens with one attached hydrogen (secondary N) is 2. The van der Waals surface area contributed by atoms with E-state index >= 15 is 0 Å². The van der Waals surface area contributed by atoms with Crippen LogP contribution in [0.2, 0.25) is 0 Å². The molecule has 2 heterocycles. The van der Waals surface area contributed by atoms with E-state index in [2.05, 4.69) is 34.4 Å². The Morgan fingerprint density at radius 2 is 2.53 bits per heavy atom. The molecule has 1 saturated heterocycles. The number of nitrogens with zero attached hydrogens (tertiary/aromatic N) is 2. The summed E-state index contributed by atoms with van der Waals surface area (Å²) < 4.78 is 0. The predicted molar refractivity (Wildman–Crippen MR) is 61.9 cm³/mol. The van der Waals surface area contributed by atoms with Gasteiger partial charge in [-0.15, -0.1) is 0 Å². The van der Waals surface area contributed by atoms with Crippen LogP contribution in [0.15, 0.2) is 12.4 Å². The molecular formula is C11H20N4. The van der Waals surface area contributed by atoms with Crippen LogP contribution in [0.1, 0.15) is 19.8 Å². The van der Waals surface area contributed by atoms with E-state index in [1.807, 2.05) is 12.4 Å². The average molecular weight is 208 g/mol. The van der Waals surface area contributed by atoms with Gasteiger partial charge in [0.15, 0.2) is 0 Å². The van der Waals surface area contributed by atoms with Crippen LogP contribution in [0.3, 0.4) is 0 Å². The van der Waals surface area contributed by atoms with Gasteiger partial charge in [0, 0.05) is 18.8 Å². The normalized spacial score (nSPS) is 25.1. The molecule has 0 aromatic carbocycles. The fraction of sp³-hybridized carbons (Fsp3) is 0.727. The summed E-state index contributed by atoms with van der Waals surface area (Å²) in [6, 6.07) is 0.519. The zero-order valence-electron chi connectivity index (χ0n) is 9.53. The van der Waals surface area contributed by atoms with Gasteiger partial charge >= 0.3 is 0 Å². The lowest BCUT2D eigenvalue weighted by molar-refractivity contribution is 0.197. The summed E-state index contributed by atoms with van der Waals surface area (Å²) in [6.45, 7) is 4.71. The molecule has 2 unspecified atom stereocenters. The third-order valence-corrected chi connectivity index (χ3v) is 3.26. The number of anilines is 1. The molecule has 15 heavy (non-hydrogen) atoms. The first kappa shape index (κ1) is 10.5. The van der Waals surface area contributed by atoms with Crippen LogP contribution < -0.4 is 5.32 Å². The lowest BCUT2D eigenvalue weighted by Crippen LogP contribution is -2.39. The van der Waals surface area contributed by atoms with Crippen molar-refractivity contribution in [2.45, 2.75) is 25.8 Å². The minimum absolute atomic E-state index is 0.519. The largest absolute Gasteiger partial charge is 0.380 e. The summed E-state index contributed by atoms with van der Waals surface area (Å²) >= 11 is 0. The van der Waals surface area contributed by atoms with Crippen molar-refractivity contribution in [2.24, 2.45) is 5.92 Å². The molecule has 1 aliphatic heterocycles. The number of aromatic nitrogens is 2. The Labute approximate surface area is 91.1 Å². The van der Waals surface area contributed by atoms with Crippen molar-refractivity contribution in [3.63, 3.8) is 0 Å². The second kappa shape index (κ2) is 4.66. The molecule has 1 aliphatic rings. The van der Waals surface area contributed by atoms with Crippen LogP contribution in [0.5, 0.6) is 0 Å².